The van der Waals surface area contributed by atoms with Gasteiger partial charge in [0.05, 0.1) is 17.0 Å². The van der Waals surface area contributed by atoms with Crippen LogP contribution in [0.5, 0.6) is 0 Å². The van der Waals surface area contributed by atoms with Crippen molar-refractivity contribution in [1.82, 2.24) is 10.2 Å². The van der Waals surface area contributed by atoms with Crippen LogP contribution in [0.15, 0.2) is 28.6 Å². The van der Waals surface area contributed by atoms with Crippen molar-refractivity contribution in [3.05, 3.63) is 29.8 Å². The fourth-order valence-electron chi connectivity index (χ4n) is 1.62. The molecule has 0 unspecified atom stereocenters. The molecule has 1 heterocycles. The minimum atomic E-state index is -4.56. The monoisotopic (exact) mass is 410 g/mol. The molecule has 2 amide bonds. The molecule has 0 spiro atoms. The summed E-state index contributed by atoms with van der Waals surface area (Å²) < 4.78 is 39.0. The second kappa shape index (κ2) is 8.50. The molecule has 1 aromatic carbocycles. The second-order valence-electron chi connectivity index (χ2n) is 4.44. The molecule has 0 aliphatic carbocycles. The molecule has 6 nitrogen and oxygen atoms in total. The smallest absolute Gasteiger partial charge is 0.325 e. The number of rotatable bonds is 6. The lowest BCUT2D eigenvalue weighted by Gasteiger charge is -2.13. The van der Waals surface area contributed by atoms with Crippen LogP contribution in [0.25, 0.3) is 0 Å². The van der Waals surface area contributed by atoms with Crippen LogP contribution in [-0.4, -0.2) is 33.6 Å². The Morgan fingerprint density at radius 2 is 1.88 bits per heavy atom. The third kappa shape index (κ3) is 5.87. The highest BCUT2D eigenvalue weighted by Crippen LogP contribution is 2.34. The Morgan fingerprint density at radius 1 is 1.16 bits per heavy atom. The van der Waals surface area contributed by atoms with Crippen molar-refractivity contribution in [3.8, 4) is 0 Å². The molecule has 0 atom stereocenters. The molecule has 0 radical (unpaired) electrons. The van der Waals surface area contributed by atoms with Gasteiger partial charge in [-0.25, -0.2) is 0 Å². The number of anilines is 2. The Bertz CT molecular complexity index is 770. The maximum absolute atomic E-state index is 12.9. The van der Waals surface area contributed by atoms with Gasteiger partial charge in [-0.1, -0.05) is 35.2 Å². The zero-order valence-electron chi connectivity index (χ0n) is 12.3. The van der Waals surface area contributed by atoms with Crippen molar-refractivity contribution in [3.63, 3.8) is 0 Å². The highest BCUT2D eigenvalue weighted by molar-refractivity contribution is 8.01. The summed E-state index contributed by atoms with van der Waals surface area (Å²) in [5, 5.41) is 12.3. The number of nitrogens with one attached hydrogen (secondary N) is 2. The van der Waals surface area contributed by atoms with Crippen LogP contribution in [0, 0.1) is 0 Å². The molecular formula is C13H10ClF3N4O2S2. The van der Waals surface area contributed by atoms with E-state index in [-0.39, 0.29) is 22.5 Å². The summed E-state index contributed by atoms with van der Waals surface area (Å²) in [4.78, 5) is 23.0. The number of para-hydroxylation sites is 1. The first-order chi connectivity index (χ1) is 11.8. The zero-order chi connectivity index (χ0) is 18.4. The van der Waals surface area contributed by atoms with E-state index in [1.54, 1.807) is 0 Å². The number of hydrogen-bond acceptors (Lipinski definition) is 6. The van der Waals surface area contributed by atoms with Gasteiger partial charge in [0.1, 0.15) is 5.88 Å². The van der Waals surface area contributed by atoms with Gasteiger partial charge in [-0.2, -0.15) is 13.2 Å². The number of amides is 2. The zero-order valence-corrected chi connectivity index (χ0v) is 14.7. The summed E-state index contributed by atoms with van der Waals surface area (Å²) in [5.74, 6) is -1.47. The van der Waals surface area contributed by atoms with Crippen molar-refractivity contribution >= 4 is 57.3 Å². The molecule has 2 aromatic rings. The number of nitrogens with zero attached hydrogens (tertiary/aromatic N) is 2. The van der Waals surface area contributed by atoms with Gasteiger partial charge < -0.3 is 5.32 Å². The lowest BCUT2D eigenvalue weighted by atomic mass is 10.1. The van der Waals surface area contributed by atoms with Crippen LogP contribution in [-0.2, 0) is 15.8 Å². The predicted octanol–water partition coefficient (Wildman–Crippen LogP) is 3.47. The van der Waals surface area contributed by atoms with Gasteiger partial charge in [-0.15, -0.1) is 21.8 Å². The fraction of sp³-hybridized carbons (Fsp3) is 0.231. The van der Waals surface area contributed by atoms with Gasteiger partial charge in [0.15, 0.2) is 4.34 Å². The quantitative estimate of drug-likeness (QED) is 0.433. The van der Waals surface area contributed by atoms with Crippen LogP contribution in [0.3, 0.4) is 0 Å². The molecule has 0 saturated heterocycles. The summed E-state index contributed by atoms with van der Waals surface area (Å²) in [6.45, 7) is 0. The molecule has 12 heteroatoms. The normalized spacial score (nSPS) is 11.2. The van der Waals surface area contributed by atoms with Gasteiger partial charge in [-0.05, 0) is 12.1 Å². The third-order valence-corrected chi connectivity index (χ3v) is 4.82. The Kier molecular flexibility index (Phi) is 6.62. The van der Waals surface area contributed by atoms with E-state index in [9.17, 15) is 22.8 Å². The maximum atomic E-state index is 12.9. The SMILES string of the molecule is O=C(CCl)Nc1nnc(SCC(=O)Nc2ccccc2C(F)(F)F)s1. The minimum Gasteiger partial charge on any atom is -0.325 e. The Morgan fingerprint density at radius 3 is 2.56 bits per heavy atom. The van der Waals surface area contributed by atoms with Crippen molar-refractivity contribution in [2.24, 2.45) is 0 Å². The molecule has 0 bridgehead atoms. The van der Waals surface area contributed by atoms with Crippen molar-refractivity contribution < 1.29 is 22.8 Å². The molecule has 0 aliphatic heterocycles. The Labute approximate surface area is 153 Å². The second-order valence-corrected chi connectivity index (χ2v) is 6.90. The molecule has 0 fully saturated rings. The maximum Gasteiger partial charge on any atom is 0.418 e. The number of aromatic nitrogens is 2. The Hall–Kier alpha value is -1.85. The molecule has 25 heavy (non-hydrogen) atoms. The molecule has 0 aliphatic rings. The first-order valence-electron chi connectivity index (χ1n) is 6.58. The standard InChI is InChI=1S/C13H10ClF3N4O2S2/c14-5-9(22)19-11-20-21-12(25-11)24-6-10(23)18-8-4-2-1-3-7(8)13(15,16)17/h1-4H,5-6H2,(H,18,23)(H,19,20,22). The molecule has 2 N–H and O–H groups in total. The van der Waals surface area contributed by atoms with E-state index in [4.69, 9.17) is 11.6 Å². The lowest BCUT2D eigenvalue weighted by Crippen LogP contribution is -2.18. The summed E-state index contributed by atoms with van der Waals surface area (Å²) in [7, 11) is 0. The summed E-state index contributed by atoms with van der Waals surface area (Å²) in [6.07, 6.45) is -4.56. The van der Waals surface area contributed by atoms with Crippen molar-refractivity contribution in [1.29, 1.82) is 0 Å². The van der Waals surface area contributed by atoms with E-state index in [0.29, 0.717) is 4.34 Å². The molecular weight excluding hydrogens is 401 g/mol. The number of alkyl halides is 4. The average Bonchev–Trinajstić information content (AvgIpc) is 2.99. The average molecular weight is 411 g/mol. The van der Waals surface area contributed by atoms with E-state index < -0.39 is 23.6 Å². The van der Waals surface area contributed by atoms with E-state index in [2.05, 4.69) is 20.8 Å². The van der Waals surface area contributed by atoms with Gasteiger partial charge in [0.2, 0.25) is 16.9 Å². The highest BCUT2D eigenvalue weighted by Gasteiger charge is 2.33. The lowest BCUT2D eigenvalue weighted by molar-refractivity contribution is -0.137. The third-order valence-electron chi connectivity index (χ3n) is 2.61. The van der Waals surface area contributed by atoms with Gasteiger partial charge in [0.25, 0.3) is 0 Å². The predicted molar refractivity (Wildman–Crippen MR) is 90.1 cm³/mol. The molecule has 1 aromatic heterocycles. The number of benzene rings is 1. The first-order valence-corrected chi connectivity index (χ1v) is 8.91. The van der Waals surface area contributed by atoms with E-state index in [1.807, 2.05) is 0 Å². The minimum absolute atomic E-state index is 0.162. The van der Waals surface area contributed by atoms with E-state index >= 15 is 0 Å². The number of carbonyl (C=O) groups excluding carboxylic acids is 2. The van der Waals surface area contributed by atoms with Crippen LogP contribution in [0.4, 0.5) is 24.0 Å². The van der Waals surface area contributed by atoms with E-state index in [1.165, 1.54) is 18.2 Å². The molecule has 134 valence electrons. The highest BCUT2D eigenvalue weighted by atomic mass is 35.5. The fourth-order valence-corrected chi connectivity index (χ4v) is 3.26. The van der Waals surface area contributed by atoms with E-state index in [0.717, 1.165) is 29.2 Å². The van der Waals surface area contributed by atoms with Gasteiger partial charge in [-0.3, -0.25) is 14.9 Å². The summed E-state index contributed by atoms with van der Waals surface area (Å²) in [5.41, 5.74) is -1.23. The molecule has 2 rings (SSSR count). The van der Waals surface area contributed by atoms with Crippen molar-refractivity contribution in [2.45, 2.75) is 10.5 Å². The van der Waals surface area contributed by atoms with Gasteiger partial charge in [0, 0.05) is 0 Å². The number of carbonyl (C=O) groups is 2. The Balaban J connectivity index is 1.93. The van der Waals surface area contributed by atoms with Crippen LogP contribution < -0.4 is 10.6 Å². The summed E-state index contributed by atoms with van der Waals surface area (Å²) in [6, 6.07) is 4.70. The van der Waals surface area contributed by atoms with Crippen LogP contribution >= 0.6 is 34.7 Å². The van der Waals surface area contributed by atoms with Crippen molar-refractivity contribution in [2.75, 3.05) is 22.3 Å². The summed E-state index contributed by atoms with van der Waals surface area (Å²) >= 11 is 7.35. The van der Waals surface area contributed by atoms with Crippen LogP contribution in [0.1, 0.15) is 5.56 Å². The largest absolute Gasteiger partial charge is 0.418 e. The number of hydrogen-bond donors (Lipinski definition) is 2. The topological polar surface area (TPSA) is 84.0 Å². The number of halogens is 4. The van der Waals surface area contributed by atoms with Gasteiger partial charge >= 0.3 is 6.18 Å². The molecule has 0 saturated carbocycles. The first kappa shape index (κ1) is 19.5. The van der Waals surface area contributed by atoms with Crippen LogP contribution in [0.2, 0.25) is 0 Å². The number of thioether (sulfide) groups is 1.